The van der Waals surface area contributed by atoms with E-state index in [0.717, 1.165) is 25.9 Å². The zero-order chi connectivity index (χ0) is 8.53. The Kier molecular flexibility index (Phi) is 7.52. The van der Waals surface area contributed by atoms with Crippen molar-refractivity contribution in [2.75, 3.05) is 19.7 Å². The van der Waals surface area contributed by atoms with Gasteiger partial charge in [0.25, 0.3) is 0 Å². The molecule has 0 saturated heterocycles. The molecule has 0 aliphatic rings. The Bertz CT molecular complexity index is 93.6. The van der Waals surface area contributed by atoms with E-state index in [1.807, 2.05) is 13.0 Å². The Hall–Kier alpha value is -0.340. The van der Waals surface area contributed by atoms with Crippen LogP contribution < -0.4 is 5.32 Å². The molecule has 0 spiro atoms. The summed E-state index contributed by atoms with van der Waals surface area (Å²) >= 11 is 0. The summed E-state index contributed by atoms with van der Waals surface area (Å²) in [5, 5.41) is 11.9. The number of unbranched alkanes of at least 4 members (excludes halogenated alkanes) is 1. The Morgan fingerprint density at radius 1 is 1.64 bits per heavy atom. The maximum atomic E-state index is 8.68. The quantitative estimate of drug-likeness (QED) is 0.429. The molecule has 0 aliphatic heterocycles. The molecule has 0 aromatic rings. The van der Waals surface area contributed by atoms with E-state index in [1.165, 1.54) is 0 Å². The van der Waals surface area contributed by atoms with Crippen molar-refractivity contribution < 1.29 is 5.11 Å². The van der Waals surface area contributed by atoms with Gasteiger partial charge in [-0.25, -0.2) is 0 Å². The summed E-state index contributed by atoms with van der Waals surface area (Å²) < 4.78 is 0. The van der Waals surface area contributed by atoms with Gasteiger partial charge < -0.3 is 10.4 Å². The minimum atomic E-state index is 0.272. The zero-order valence-electron chi connectivity index (χ0n) is 7.34. The third-order valence-electron chi connectivity index (χ3n) is 1.57. The summed E-state index contributed by atoms with van der Waals surface area (Å²) in [6.07, 6.45) is 4.14. The van der Waals surface area contributed by atoms with Gasteiger partial charge in [0.05, 0.1) is 0 Å². The maximum Gasteiger partial charge on any atom is 0.0468 e. The Balaban J connectivity index is 2.95. The molecule has 0 heterocycles. The predicted octanol–water partition coefficient (Wildman–Crippen LogP) is 1.17. The van der Waals surface area contributed by atoms with Gasteiger partial charge in [-0.15, -0.1) is 6.58 Å². The molecule has 0 fully saturated rings. The molecule has 66 valence electrons. The van der Waals surface area contributed by atoms with Gasteiger partial charge in [-0.05, 0) is 31.8 Å². The highest BCUT2D eigenvalue weighted by Crippen LogP contribution is 1.90. The monoisotopic (exact) mass is 157 g/mol. The highest BCUT2D eigenvalue weighted by Gasteiger charge is 1.96. The molecule has 1 atom stereocenters. The van der Waals surface area contributed by atoms with Gasteiger partial charge in [-0.3, -0.25) is 0 Å². The van der Waals surface area contributed by atoms with Crippen LogP contribution in [0.3, 0.4) is 0 Å². The molecule has 0 aliphatic carbocycles. The molecule has 2 N–H and O–H groups in total. The summed E-state index contributed by atoms with van der Waals surface area (Å²) in [7, 11) is 0. The normalized spacial score (nSPS) is 12.9. The number of rotatable bonds is 7. The summed E-state index contributed by atoms with van der Waals surface area (Å²) in [5.74, 6) is 0.374. The summed E-state index contributed by atoms with van der Waals surface area (Å²) in [6.45, 7) is 7.88. The molecule has 0 aromatic carbocycles. The van der Waals surface area contributed by atoms with Crippen molar-refractivity contribution in [2.24, 2.45) is 5.92 Å². The van der Waals surface area contributed by atoms with Crippen LogP contribution in [-0.4, -0.2) is 24.8 Å². The zero-order valence-corrected chi connectivity index (χ0v) is 7.34. The standard InChI is InChI=1S/C9H19NO/c1-3-4-5-6-10-7-9(2)8-11/h3,9-11H,1,4-8H2,2H3. The minimum Gasteiger partial charge on any atom is -0.396 e. The Morgan fingerprint density at radius 3 is 2.91 bits per heavy atom. The van der Waals surface area contributed by atoms with E-state index in [9.17, 15) is 0 Å². The van der Waals surface area contributed by atoms with Gasteiger partial charge in [0, 0.05) is 6.61 Å². The molecular weight excluding hydrogens is 138 g/mol. The van der Waals surface area contributed by atoms with E-state index < -0.39 is 0 Å². The van der Waals surface area contributed by atoms with Gasteiger partial charge >= 0.3 is 0 Å². The van der Waals surface area contributed by atoms with Crippen molar-refractivity contribution in [1.29, 1.82) is 0 Å². The third-order valence-corrected chi connectivity index (χ3v) is 1.57. The fraction of sp³-hybridized carbons (Fsp3) is 0.778. The first-order valence-electron chi connectivity index (χ1n) is 4.23. The number of aliphatic hydroxyl groups is 1. The molecule has 2 nitrogen and oxygen atoms in total. The highest BCUT2D eigenvalue weighted by molar-refractivity contribution is 4.66. The number of nitrogens with one attached hydrogen (secondary N) is 1. The van der Waals surface area contributed by atoms with Crippen LogP contribution in [0.5, 0.6) is 0 Å². The van der Waals surface area contributed by atoms with Crippen LogP contribution in [0.25, 0.3) is 0 Å². The topological polar surface area (TPSA) is 32.3 Å². The lowest BCUT2D eigenvalue weighted by atomic mass is 10.2. The minimum absolute atomic E-state index is 0.272. The number of hydrogen-bond donors (Lipinski definition) is 2. The SMILES string of the molecule is C=CCCCNCC(C)CO. The molecule has 0 amide bonds. The fourth-order valence-corrected chi connectivity index (χ4v) is 0.784. The smallest absolute Gasteiger partial charge is 0.0468 e. The third kappa shape index (κ3) is 7.56. The second kappa shape index (κ2) is 7.76. The Labute approximate surface area is 69.3 Å². The summed E-state index contributed by atoms with van der Waals surface area (Å²) in [5.41, 5.74) is 0. The van der Waals surface area contributed by atoms with Gasteiger partial charge in [0.2, 0.25) is 0 Å². The number of hydrogen-bond acceptors (Lipinski definition) is 2. The first kappa shape index (κ1) is 10.7. The van der Waals surface area contributed by atoms with Crippen molar-refractivity contribution in [3.05, 3.63) is 12.7 Å². The fourth-order valence-electron chi connectivity index (χ4n) is 0.784. The molecule has 2 heteroatoms. The lowest BCUT2D eigenvalue weighted by Crippen LogP contribution is -2.23. The first-order valence-corrected chi connectivity index (χ1v) is 4.23. The van der Waals surface area contributed by atoms with Crippen molar-refractivity contribution in [1.82, 2.24) is 5.32 Å². The lowest BCUT2D eigenvalue weighted by Gasteiger charge is -2.08. The van der Waals surface area contributed by atoms with Crippen LogP contribution in [0.2, 0.25) is 0 Å². The average Bonchev–Trinajstić information content (AvgIpc) is 2.04. The van der Waals surface area contributed by atoms with Crippen LogP contribution in [0, 0.1) is 5.92 Å². The molecular formula is C9H19NO. The Morgan fingerprint density at radius 2 is 2.36 bits per heavy atom. The molecule has 1 unspecified atom stereocenters. The molecule has 0 rings (SSSR count). The number of aliphatic hydroxyl groups excluding tert-OH is 1. The van der Waals surface area contributed by atoms with Crippen LogP contribution in [0.1, 0.15) is 19.8 Å². The van der Waals surface area contributed by atoms with E-state index in [1.54, 1.807) is 0 Å². The van der Waals surface area contributed by atoms with E-state index in [2.05, 4.69) is 11.9 Å². The van der Waals surface area contributed by atoms with Gasteiger partial charge in [-0.2, -0.15) is 0 Å². The number of allylic oxidation sites excluding steroid dienone is 1. The molecule has 0 aromatic heterocycles. The van der Waals surface area contributed by atoms with Gasteiger partial charge in [0.15, 0.2) is 0 Å². The molecule has 11 heavy (non-hydrogen) atoms. The lowest BCUT2D eigenvalue weighted by molar-refractivity contribution is 0.234. The highest BCUT2D eigenvalue weighted by atomic mass is 16.3. The van der Waals surface area contributed by atoms with Crippen molar-refractivity contribution in [3.8, 4) is 0 Å². The second-order valence-electron chi connectivity index (χ2n) is 2.92. The second-order valence-corrected chi connectivity index (χ2v) is 2.92. The van der Waals surface area contributed by atoms with E-state index >= 15 is 0 Å². The molecule has 0 radical (unpaired) electrons. The maximum absolute atomic E-state index is 8.68. The van der Waals surface area contributed by atoms with Crippen LogP contribution in [0.4, 0.5) is 0 Å². The van der Waals surface area contributed by atoms with Crippen LogP contribution in [-0.2, 0) is 0 Å². The molecule has 0 saturated carbocycles. The first-order chi connectivity index (χ1) is 5.31. The van der Waals surface area contributed by atoms with Crippen LogP contribution >= 0.6 is 0 Å². The van der Waals surface area contributed by atoms with Crippen LogP contribution in [0.15, 0.2) is 12.7 Å². The van der Waals surface area contributed by atoms with Crippen molar-refractivity contribution >= 4 is 0 Å². The van der Waals surface area contributed by atoms with E-state index in [4.69, 9.17) is 5.11 Å². The largest absolute Gasteiger partial charge is 0.396 e. The van der Waals surface area contributed by atoms with E-state index in [-0.39, 0.29) is 6.61 Å². The van der Waals surface area contributed by atoms with Crippen molar-refractivity contribution in [2.45, 2.75) is 19.8 Å². The summed E-state index contributed by atoms with van der Waals surface area (Å²) in [4.78, 5) is 0. The van der Waals surface area contributed by atoms with Crippen molar-refractivity contribution in [3.63, 3.8) is 0 Å². The van der Waals surface area contributed by atoms with E-state index in [0.29, 0.717) is 5.92 Å². The van der Waals surface area contributed by atoms with Gasteiger partial charge in [0.1, 0.15) is 0 Å². The summed E-state index contributed by atoms with van der Waals surface area (Å²) in [6, 6.07) is 0. The van der Waals surface area contributed by atoms with Gasteiger partial charge in [-0.1, -0.05) is 13.0 Å². The predicted molar refractivity (Wildman–Crippen MR) is 48.6 cm³/mol. The average molecular weight is 157 g/mol. The molecule has 0 bridgehead atoms.